The molecule has 0 aliphatic heterocycles. The third-order valence-electron chi connectivity index (χ3n) is 4.05. The number of hydrogen-bond donors (Lipinski definition) is 2. The number of hydrogen-bond acceptors (Lipinski definition) is 5. The molecule has 0 spiro atoms. The van der Waals surface area contributed by atoms with Crippen molar-refractivity contribution in [1.82, 2.24) is 9.97 Å². The molecule has 0 bridgehead atoms. The number of amides is 1. The number of nitrogens with zero attached hydrogens (tertiary/aromatic N) is 2. The van der Waals surface area contributed by atoms with Gasteiger partial charge in [-0.1, -0.05) is 19.1 Å². The third kappa shape index (κ3) is 4.82. The van der Waals surface area contributed by atoms with Crippen LogP contribution in [0.5, 0.6) is 5.75 Å². The van der Waals surface area contributed by atoms with E-state index in [1.807, 2.05) is 19.1 Å². The zero-order chi connectivity index (χ0) is 19.2. The van der Waals surface area contributed by atoms with Gasteiger partial charge in [0.25, 0.3) is 5.91 Å². The molecule has 6 nitrogen and oxygen atoms in total. The first-order valence-corrected chi connectivity index (χ1v) is 8.74. The summed E-state index contributed by atoms with van der Waals surface area (Å²) in [5, 5.41) is 5.98. The van der Waals surface area contributed by atoms with Crippen LogP contribution in [0.4, 0.5) is 17.3 Å². The van der Waals surface area contributed by atoms with Gasteiger partial charge in [-0.15, -0.1) is 0 Å². The molecule has 0 fully saturated rings. The Labute approximate surface area is 158 Å². The Morgan fingerprint density at radius 3 is 2.30 bits per heavy atom. The average molecular weight is 362 g/mol. The van der Waals surface area contributed by atoms with Crippen LogP contribution in [0.2, 0.25) is 0 Å². The van der Waals surface area contributed by atoms with E-state index in [4.69, 9.17) is 4.74 Å². The molecular weight excluding hydrogens is 340 g/mol. The van der Waals surface area contributed by atoms with E-state index in [-0.39, 0.29) is 5.91 Å². The normalized spacial score (nSPS) is 10.3. The van der Waals surface area contributed by atoms with Crippen LogP contribution in [-0.2, 0) is 6.42 Å². The molecule has 6 heteroatoms. The van der Waals surface area contributed by atoms with Gasteiger partial charge in [-0.25, -0.2) is 9.97 Å². The summed E-state index contributed by atoms with van der Waals surface area (Å²) in [4.78, 5) is 21.3. The topological polar surface area (TPSA) is 76.1 Å². The Bertz CT molecular complexity index is 922. The second-order valence-electron chi connectivity index (χ2n) is 6.08. The molecule has 0 aliphatic rings. The van der Waals surface area contributed by atoms with E-state index in [0.717, 1.165) is 17.9 Å². The van der Waals surface area contributed by atoms with Crippen molar-refractivity contribution in [2.24, 2.45) is 0 Å². The van der Waals surface area contributed by atoms with Crippen LogP contribution in [0.3, 0.4) is 0 Å². The van der Waals surface area contributed by atoms with Crippen LogP contribution in [0.25, 0.3) is 0 Å². The molecule has 0 radical (unpaired) electrons. The molecule has 3 aromatic rings. The van der Waals surface area contributed by atoms with Gasteiger partial charge in [-0.3, -0.25) is 4.79 Å². The van der Waals surface area contributed by atoms with E-state index in [1.54, 1.807) is 37.4 Å². The first kappa shape index (κ1) is 18.4. The summed E-state index contributed by atoms with van der Waals surface area (Å²) in [6.07, 6.45) is 0.983. The van der Waals surface area contributed by atoms with E-state index in [2.05, 4.69) is 39.7 Å². The summed E-state index contributed by atoms with van der Waals surface area (Å²) in [5.41, 5.74) is 3.80. The molecule has 1 heterocycles. The molecule has 1 aromatic heterocycles. The number of carbonyl (C=O) groups is 1. The molecule has 2 aromatic carbocycles. The van der Waals surface area contributed by atoms with Gasteiger partial charge in [-0.2, -0.15) is 0 Å². The maximum atomic E-state index is 12.5. The second kappa shape index (κ2) is 8.31. The molecule has 0 unspecified atom stereocenters. The Hall–Kier alpha value is -3.41. The highest BCUT2D eigenvalue weighted by Gasteiger charge is 2.11. The van der Waals surface area contributed by atoms with Crippen molar-refractivity contribution in [3.05, 3.63) is 71.5 Å². The average Bonchev–Trinajstić information content (AvgIpc) is 2.68. The highest BCUT2D eigenvalue weighted by atomic mass is 16.5. The molecule has 0 saturated heterocycles. The lowest BCUT2D eigenvalue weighted by Gasteiger charge is -2.10. The van der Waals surface area contributed by atoms with E-state index >= 15 is 0 Å². The number of nitrogens with one attached hydrogen (secondary N) is 2. The third-order valence-corrected chi connectivity index (χ3v) is 4.05. The summed E-state index contributed by atoms with van der Waals surface area (Å²) < 4.78 is 5.12. The number of ether oxygens (including phenoxy) is 1. The Kier molecular flexibility index (Phi) is 5.66. The molecule has 27 heavy (non-hydrogen) atoms. The van der Waals surface area contributed by atoms with E-state index < -0.39 is 0 Å². The molecule has 2 N–H and O–H groups in total. The fraction of sp³-hybridized carbons (Fsp3) is 0.190. The minimum absolute atomic E-state index is 0.296. The number of rotatable bonds is 6. The van der Waals surface area contributed by atoms with Crippen molar-refractivity contribution in [3.8, 4) is 5.75 Å². The summed E-state index contributed by atoms with van der Waals surface area (Å²) in [5.74, 6) is 0.820. The highest BCUT2D eigenvalue weighted by molar-refractivity contribution is 6.03. The maximum Gasteiger partial charge on any atom is 0.274 e. The van der Waals surface area contributed by atoms with Crippen molar-refractivity contribution in [1.29, 1.82) is 0 Å². The summed E-state index contributed by atoms with van der Waals surface area (Å²) in [6.45, 7) is 3.94. The van der Waals surface area contributed by atoms with E-state index in [1.165, 1.54) is 5.56 Å². The second-order valence-corrected chi connectivity index (χ2v) is 6.08. The molecular formula is C21H22N4O2. The molecule has 0 aliphatic carbocycles. The number of aromatic nitrogens is 2. The SMILES string of the molecule is CCc1ccc(Nc2nc(C)cc(C(=O)Nc3ccc(OC)cc3)n2)cc1. The van der Waals surface area contributed by atoms with Crippen LogP contribution in [0.15, 0.2) is 54.6 Å². The number of benzene rings is 2. The van der Waals surface area contributed by atoms with Crippen molar-refractivity contribution in [2.45, 2.75) is 20.3 Å². The molecule has 1 amide bonds. The monoisotopic (exact) mass is 362 g/mol. The predicted molar refractivity (Wildman–Crippen MR) is 107 cm³/mol. The Morgan fingerprint density at radius 2 is 1.67 bits per heavy atom. The smallest absolute Gasteiger partial charge is 0.274 e. The molecule has 138 valence electrons. The predicted octanol–water partition coefficient (Wildman–Crippen LogP) is 4.35. The largest absolute Gasteiger partial charge is 0.497 e. The highest BCUT2D eigenvalue weighted by Crippen LogP contribution is 2.18. The molecule has 3 rings (SSSR count). The lowest BCUT2D eigenvalue weighted by molar-refractivity contribution is 0.102. The van der Waals surface area contributed by atoms with Crippen LogP contribution in [-0.4, -0.2) is 23.0 Å². The van der Waals surface area contributed by atoms with Crippen molar-refractivity contribution >= 4 is 23.2 Å². The van der Waals surface area contributed by atoms with Gasteiger partial charge in [0.05, 0.1) is 7.11 Å². The summed E-state index contributed by atoms with van der Waals surface area (Å²) in [6, 6.07) is 16.8. The molecule has 0 saturated carbocycles. The van der Waals surface area contributed by atoms with Gasteiger partial charge < -0.3 is 15.4 Å². The fourth-order valence-electron chi connectivity index (χ4n) is 2.56. The summed E-state index contributed by atoms with van der Waals surface area (Å²) in [7, 11) is 1.60. The number of aryl methyl sites for hydroxylation is 2. The Morgan fingerprint density at radius 1 is 1.00 bits per heavy atom. The van der Waals surface area contributed by atoms with Gasteiger partial charge >= 0.3 is 0 Å². The zero-order valence-electron chi connectivity index (χ0n) is 15.6. The first-order valence-electron chi connectivity index (χ1n) is 8.74. The van der Waals surface area contributed by atoms with Crippen molar-refractivity contribution < 1.29 is 9.53 Å². The fourth-order valence-corrected chi connectivity index (χ4v) is 2.56. The van der Waals surface area contributed by atoms with Gasteiger partial charge in [0.2, 0.25) is 5.95 Å². The lowest BCUT2D eigenvalue weighted by atomic mass is 10.1. The van der Waals surface area contributed by atoms with Gasteiger partial charge in [0.15, 0.2) is 0 Å². The van der Waals surface area contributed by atoms with Gasteiger partial charge in [-0.05, 0) is 61.4 Å². The van der Waals surface area contributed by atoms with Crippen LogP contribution in [0.1, 0.15) is 28.7 Å². The van der Waals surface area contributed by atoms with Crippen molar-refractivity contribution in [3.63, 3.8) is 0 Å². The minimum Gasteiger partial charge on any atom is -0.497 e. The minimum atomic E-state index is -0.296. The standard InChI is InChI=1S/C21H22N4O2/c1-4-15-5-7-17(8-6-15)24-21-22-14(2)13-19(25-21)20(26)23-16-9-11-18(27-3)12-10-16/h5-13H,4H2,1-3H3,(H,23,26)(H,22,24,25). The summed E-state index contributed by atoms with van der Waals surface area (Å²) >= 11 is 0. The lowest BCUT2D eigenvalue weighted by Crippen LogP contribution is -2.15. The van der Waals surface area contributed by atoms with Crippen LogP contribution >= 0.6 is 0 Å². The van der Waals surface area contributed by atoms with Crippen molar-refractivity contribution in [2.75, 3.05) is 17.7 Å². The zero-order valence-corrected chi connectivity index (χ0v) is 15.6. The number of carbonyl (C=O) groups excluding carboxylic acids is 1. The van der Waals surface area contributed by atoms with E-state index in [9.17, 15) is 4.79 Å². The quantitative estimate of drug-likeness (QED) is 0.682. The van der Waals surface area contributed by atoms with Gasteiger partial charge in [0.1, 0.15) is 11.4 Å². The van der Waals surface area contributed by atoms with Crippen LogP contribution < -0.4 is 15.4 Å². The van der Waals surface area contributed by atoms with Crippen LogP contribution in [0, 0.1) is 6.92 Å². The number of methoxy groups -OCH3 is 1. The molecule has 0 atom stereocenters. The maximum absolute atomic E-state index is 12.5. The Balaban J connectivity index is 1.75. The number of anilines is 3. The first-order chi connectivity index (χ1) is 13.1. The van der Waals surface area contributed by atoms with Gasteiger partial charge in [0, 0.05) is 17.1 Å². The van der Waals surface area contributed by atoms with E-state index in [0.29, 0.717) is 23.0 Å².